The summed E-state index contributed by atoms with van der Waals surface area (Å²) in [7, 11) is 0. The van der Waals surface area contributed by atoms with Crippen LogP contribution in [0.4, 0.5) is 0 Å². The third-order valence-corrected chi connectivity index (χ3v) is 13.7. The lowest BCUT2D eigenvalue weighted by atomic mass is 10.0. The molecule has 2 rings (SSSR count). The third-order valence-electron chi connectivity index (χ3n) is 13.7. The standard InChI is InChI=1S/C53H98N22O10/c1-33(68-47(80)39(19-25-59)70-45(78)35(60)13-2-5-20-54)44(77)66-31-43(76)69-40(16-10-24-58)52(85)75-28-12-18-42(75)51(84)74-41(29-34-30-63-32-67-34)50(83)73-37(15-4-7-22-56)48(81)72-38(17-11-27-65-53(61)62)49(82)71-36(14-3-6-21-55)46(79)64-26-9-8-23-57/h17,30,32-33,35-37,39-42H,2-16,18-29,31,54-60H2,1H3,(H,63,67)(H,64,79)(H,66,77)(H,68,80)(H,69,76)(H,70,78)(H,71,82)(H,72,81)(H,73,83)(H,74,84)(H4,61,62,65)/b38-17-/t33?,35-,36+,37+,39+,40-,41?,42?/m1/s1. The van der Waals surface area contributed by atoms with Crippen LogP contribution in [0.15, 0.2) is 29.3 Å². The number of hydrogen-bond acceptors (Lipinski definition) is 19. The second-order valence-corrected chi connectivity index (χ2v) is 20.7. The first kappa shape index (κ1) is 73.7. The number of carbonyl (C=O) groups is 10. The van der Waals surface area contributed by atoms with Crippen LogP contribution in [0.2, 0.25) is 0 Å². The Morgan fingerprint density at radius 2 is 1.22 bits per heavy atom. The molecule has 0 aromatic carbocycles. The van der Waals surface area contributed by atoms with Crippen molar-refractivity contribution in [3.8, 4) is 0 Å². The molecule has 85 heavy (non-hydrogen) atoms. The van der Waals surface area contributed by atoms with E-state index in [1.54, 1.807) is 0 Å². The van der Waals surface area contributed by atoms with E-state index >= 15 is 0 Å². The second kappa shape index (κ2) is 42.4. The minimum absolute atomic E-state index is 0.0345. The Bertz CT molecular complexity index is 2300. The molecule has 28 N–H and O–H groups in total. The van der Waals surface area contributed by atoms with Crippen molar-refractivity contribution in [3.05, 3.63) is 30.0 Å². The van der Waals surface area contributed by atoms with E-state index in [-0.39, 0.29) is 95.7 Å². The van der Waals surface area contributed by atoms with Gasteiger partial charge in [0.15, 0.2) is 5.96 Å². The van der Waals surface area contributed by atoms with Crippen LogP contribution in [-0.4, -0.2) is 194 Å². The number of nitrogens with zero attached hydrogens (tertiary/aromatic N) is 3. The molecule has 0 saturated carbocycles. The number of nitrogens with one attached hydrogen (secondary N) is 10. The molecule has 0 spiro atoms. The number of amides is 10. The first-order valence-electron chi connectivity index (χ1n) is 29.4. The van der Waals surface area contributed by atoms with Crippen LogP contribution in [0.3, 0.4) is 0 Å². The number of imidazole rings is 1. The summed E-state index contributed by atoms with van der Waals surface area (Å²) < 4.78 is 0. The fourth-order valence-electron chi connectivity index (χ4n) is 8.93. The van der Waals surface area contributed by atoms with Gasteiger partial charge in [0.1, 0.15) is 48.0 Å². The fraction of sp³-hybridized carbons (Fsp3) is 0.698. The van der Waals surface area contributed by atoms with E-state index < -0.39 is 114 Å². The first-order chi connectivity index (χ1) is 40.7. The molecule has 1 aromatic heterocycles. The normalized spacial score (nSPS) is 15.6. The molecule has 480 valence electrons. The van der Waals surface area contributed by atoms with Crippen molar-refractivity contribution in [1.82, 2.24) is 62.7 Å². The molecule has 0 aliphatic carbocycles. The molecule has 10 amide bonds. The molecule has 0 radical (unpaired) electrons. The fourth-order valence-corrected chi connectivity index (χ4v) is 8.93. The molecule has 32 nitrogen and oxygen atoms in total. The SMILES string of the molecule is CC(NC(=O)[C@H](CCN)NC(=O)[C@H](N)CCCCN)C(=O)NCC(=O)N[C@H](CCCN)C(=O)N1CCCC1C(=O)NC(Cc1cnc[nH]1)C(=O)N[C@@H](CCCCN)C(=O)N/C(=C\CCN=C(N)N)C(=O)N[C@@H](CCCCN)C(=O)NCCCCN. The van der Waals surface area contributed by atoms with Crippen LogP contribution in [0, 0.1) is 0 Å². The van der Waals surface area contributed by atoms with Crippen LogP contribution in [0.25, 0.3) is 0 Å². The minimum Gasteiger partial charge on any atom is -0.370 e. The number of aliphatic imine (C=N–C) groups is 1. The van der Waals surface area contributed by atoms with Crippen LogP contribution >= 0.6 is 0 Å². The lowest BCUT2D eigenvalue weighted by Gasteiger charge is -2.30. The highest BCUT2D eigenvalue weighted by Crippen LogP contribution is 2.21. The Hall–Kier alpha value is -7.36. The van der Waals surface area contributed by atoms with Gasteiger partial charge in [-0.15, -0.1) is 0 Å². The van der Waals surface area contributed by atoms with Gasteiger partial charge in [0.2, 0.25) is 53.2 Å². The zero-order chi connectivity index (χ0) is 63.1. The number of nitrogens with two attached hydrogens (primary N) is 9. The van der Waals surface area contributed by atoms with Gasteiger partial charge in [-0.2, -0.15) is 0 Å². The van der Waals surface area contributed by atoms with Crippen LogP contribution < -0.4 is 99.5 Å². The van der Waals surface area contributed by atoms with Gasteiger partial charge in [-0.3, -0.25) is 52.9 Å². The van der Waals surface area contributed by atoms with E-state index in [0.717, 1.165) is 0 Å². The molecule has 0 bridgehead atoms. The molecule has 8 atom stereocenters. The van der Waals surface area contributed by atoms with Gasteiger partial charge in [-0.05, 0) is 149 Å². The zero-order valence-electron chi connectivity index (χ0n) is 49.3. The Balaban J connectivity index is 2.32. The monoisotopic (exact) mass is 1200 g/mol. The van der Waals surface area contributed by atoms with Gasteiger partial charge in [-0.1, -0.05) is 12.5 Å². The lowest BCUT2D eigenvalue weighted by Crippen LogP contribution is -2.59. The van der Waals surface area contributed by atoms with Crippen molar-refractivity contribution < 1.29 is 47.9 Å². The molecule has 1 fully saturated rings. The van der Waals surface area contributed by atoms with Crippen molar-refractivity contribution in [2.24, 2.45) is 56.6 Å². The van der Waals surface area contributed by atoms with Gasteiger partial charge in [0, 0.05) is 37.9 Å². The highest BCUT2D eigenvalue weighted by molar-refractivity contribution is 6.02. The van der Waals surface area contributed by atoms with Gasteiger partial charge >= 0.3 is 0 Å². The Kier molecular flexibility index (Phi) is 36.8. The lowest BCUT2D eigenvalue weighted by molar-refractivity contribution is -0.142. The average molecular weight is 1200 g/mol. The van der Waals surface area contributed by atoms with Gasteiger partial charge in [-0.25, -0.2) is 4.98 Å². The predicted molar refractivity (Wildman–Crippen MR) is 319 cm³/mol. The summed E-state index contributed by atoms with van der Waals surface area (Å²) in [5, 5.41) is 23.8. The molecule has 1 aromatic rings. The van der Waals surface area contributed by atoms with E-state index in [2.05, 4.69) is 62.8 Å². The summed E-state index contributed by atoms with van der Waals surface area (Å²) in [6, 6.07) is -9.16. The topological polar surface area (TPSA) is 557 Å². The molecule has 32 heteroatoms. The molecule has 1 aliphatic rings. The second-order valence-electron chi connectivity index (χ2n) is 20.7. The summed E-state index contributed by atoms with van der Waals surface area (Å²) >= 11 is 0. The quantitative estimate of drug-likeness (QED) is 0.0125. The van der Waals surface area contributed by atoms with Crippen molar-refractivity contribution in [2.75, 3.05) is 65.4 Å². The van der Waals surface area contributed by atoms with E-state index in [9.17, 15) is 47.9 Å². The molecular formula is C53H98N22O10. The minimum atomic E-state index is -1.37. The van der Waals surface area contributed by atoms with E-state index in [4.69, 9.17) is 51.6 Å². The van der Waals surface area contributed by atoms with Crippen molar-refractivity contribution in [1.29, 1.82) is 0 Å². The van der Waals surface area contributed by atoms with Gasteiger partial charge in [0.05, 0.1) is 18.9 Å². The van der Waals surface area contributed by atoms with Crippen LogP contribution in [0.1, 0.15) is 122 Å². The number of guanidine groups is 1. The molecule has 1 saturated heterocycles. The highest BCUT2D eigenvalue weighted by Gasteiger charge is 2.40. The third kappa shape index (κ3) is 28.9. The maximum absolute atomic E-state index is 14.5. The number of H-pyrrole nitrogens is 1. The first-order valence-corrected chi connectivity index (χ1v) is 29.4. The van der Waals surface area contributed by atoms with E-state index in [1.165, 1.54) is 30.4 Å². The summed E-state index contributed by atoms with van der Waals surface area (Å²) in [6.07, 6.45) is 10.2. The summed E-state index contributed by atoms with van der Waals surface area (Å²) in [6.45, 7) is 2.91. The van der Waals surface area contributed by atoms with Crippen molar-refractivity contribution in [2.45, 2.75) is 171 Å². The molecule has 3 unspecified atom stereocenters. The zero-order valence-corrected chi connectivity index (χ0v) is 49.3. The van der Waals surface area contributed by atoms with E-state index in [1.807, 2.05) is 0 Å². The van der Waals surface area contributed by atoms with Gasteiger partial charge < -0.3 is 109 Å². The molecule has 1 aliphatic heterocycles. The maximum Gasteiger partial charge on any atom is 0.268 e. The molecule has 2 heterocycles. The number of rotatable bonds is 44. The number of aromatic amines is 1. The average Bonchev–Trinajstić information content (AvgIpc) is 4.31. The van der Waals surface area contributed by atoms with Crippen molar-refractivity contribution >= 4 is 65.0 Å². The number of aromatic nitrogens is 2. The number of likely N-dealkylation sites (tertiary alicyclic amines) is 1. The Morgan fingerprint density at radius 3 is 1.84 bits per heavy atom. The Labute approximate surface area is 497 Å². The Morgan fingerprint density at radius 1 is 0.635 bits per heavy atom. The van der Waals surface area contributed by atoms with Crippen molar-refractivity contribution in [3.63, 3.8) is 0 Å². The number of hydrogen-bond donors (Lipinski definition) is 19. The molecular weight excluding hydrogens is 1100 g/mol. The number of unbranched alkanes of at least 4 members (excludes halogenated alkanes) is 4. The smallest absolute Gasteiger partial charge is 0.268 e. The maximum atomic E-state index is 14.5. The summed E-state index contributed by atoms with van der Waals surface area (Å²) in [5.74, 6) is -7.20. The van der Waals surface area contributed by atoms with Crippen LogP contribution in [0.5, 0.6) is 0 Å². The van der Waals surface area contributed by atoms with Crippen LogP contribution in [-0.2, 0) is 54.4 Å². The van der Waals surface area contributed by atoms with Gasteiger partial charge in [0.25, 0.3) is 5.91 Å². The summed E-state index contributed by atoms with van der Waals surface area (Å²) in [4.78, 5) is 149. The van der Waals surface area contributed by atoms with E-state index in [0.29, 0.717) is 96.1 Å². The predicted octanol–water partition coefficient (Wildman–Crippen LogP) is -6.69. The highest BCUT2D eigenvalue weighted by atomic mass is 16.2. The number of carbonyl (C=O) groups excluding carboxylic acids is 10. The summed E-state index contributed by atoms with van der Waals surface area (Å²) in [5.41, 5.74) is 51.4. The largest absolute Gasteiger partial charge is 0.370 e.